The van der Waals surface area contributed by atoms with E-state index in [0.29, 0.717) is 36.9 Å². The van der Waals surface area contributed by atoms with Crippen LogP contribution >= 0.6 is 0 Å². The van der Waals surface area contributed by atoms with E-state index in [4.69, 9.17) is 0 Å². The van der Waals surface area contributed by atoms with Gasteiger partial charge in [0.25, 0.3) is 0 Å². The molecule has 3 fully saturated rings. The summed E-state index contributed by atoms with van der Waals surface area (Å²) in [6.07, 6.45) is 7.12. The lowest BCUT2D eigenvalue weighted by Crippen LogP contribution is -2.55. The molecule has 5 atom stereocenters. The molecule has 4 aliphatic rings. The SMILES string of the molecule is C[C@@]12CCC(=O)C=C1CC[C@@H]1[C@H]2C(=O)C[C@]2(C)C(=O)CC[C@@H]12. The highest BCUT2D eigenvalue weighted by molar-refractivity contribution is 5.96. The Balaban J connectivity index is 1.77. The van der Waals surface area contributed by atoms with E-state index in [1.807, 2.05) is 13.0 Å². The van der Waals surface area contributed by atoms with Gasteiger partial charge in [0, 0.05) is 30.6 Å². The Morgan fingerprint density at radius 2 is 1.77 bits per heavy atom. The molecule has 0 aromatic carbocycles. The first-order valence-electron chi connectivity index (χ1n) is 8.66. The van der Waals surface area contributed by atoms with Crippen LogP contribution in [0.2, 0.25) is 0 Å². The van der Waals surface area contributed by atoms with Gasteiger partial charge in [-0.05, 0) is 49.0 Å². The fourth-order valence-corrected chi connectivity index (χ4v) is 6.16. The fourth-order valence-electron chi connectivity index (χ4n) is 6.16. The summed E-state index contributed by atoms with van der Waals surface area (Å²) in [5.74, 6) is 1.54. The summed E-state index contributed by atoms with van der Waals surface area (Å²) in [6, 6.07) is 0. The third-order valence-electron chi connectivity index (χ3n) is 7.36. The van der Waals surface area contributed by atoms with E-state index < -0.39 is 5.41 Å². The molecule has 3 saturated carbocycles. The van der Waals surface area contributed by atoms with Crippen LogP contribution in [0.5, 0.6) is 0 Å². The third kappa shape index (κ3) is 1.65. The number of fused-ring (bicyclic) bond motifs is 5. The predicted octanol–water partition coefficient (Wildman–Crippen LogP) is 3.27. The molecular formula is C19H24O3. The Morgan fingerprint density at radius 1 is 1.00 bits per heavy atom. The van der Waals surface area contributed by atoms with E-state index in [1.54, 1.807) is 0 Å². The summed E-state index contributed by atoms with van der Waals surface area (Å²) in [6.45, 7) is 4.22. The van der Waals surface area contributed by atoms with Crippen molar-refractivity contribution in [2.45, 2.75) is 58.8 Å². The molecule has 0 aliphatic heterocycles. The second kappa shape index (κ2) is 4.39. The van der Waals surface area contributed by atoms with Crippen molar-refractivity contribution >= 4 is 17.3 Å². The standard InChI is InChI=1S/C19H24O3/c1-18-8-7-12(20)9-11(18)3-4-13-14-5-6-16(22)19(14,2)10-15(21)17(13)18/h9,13-14,17H,3-8,10H2,1-2H3/t13-,14-,17-,18+,19-/m0/s1. The Morgan fingerprint density at radius 3 is 2.55 bits per heavy atom. The molecule has 3 heteroatoms. The molecule has 0 spiro atoms. The molecule has 0 amide bonds. The van der Waals surface area contributed by atoms with Gasteiger partial charge in [-0.1, -0.05) is 19.4 Å². The van der Waals surface area contributed by atoms with Gasteiger partial charge in [0.1, 0.15) is 11.6 Å². The molecule has 118 valence electrons. The zero-order valence-electron chi connectivity index (χ0n) is 13.5. The quantitative estimate of drug-likeness (QED) is 0.690. The Kier molecular flexibility index (Phi) is 2.87. The molecule has 4 aliphatic carbocycles. The average Bonchev–Trinajstić information content (AvgIpc) is 2.75. The first kappa shape index (κ1) is 14.3. The van der Waals surface area contributed by atoms with Crippen molar-refractivity contribution < 1.29 is 14.4 Å². The van der Waals surface area contributed by atoms with E-state index >= 15 is 0 Å². The van der Waals surface area contributed by atoms with Crippen LogP contribution in [-0.2, 0) is 14.4 Å². The monoisotopic (exact) mass is 300 g/mol. The molecular weight excluding hydrogens is 276 g/mol. The number of ketones is 3. The van der Waals surface area contributed by atoms with Gasteiger partial charge in [-0.25, -0.2) is 0 Å². The number of hydrogen-bond donors (Lipinski definition) is 0. The summed E-state index contributed by atoms with van der Waals surface area (Å²) in [5, 5.41) is 0. The number of rotatable bonds is 0. The van der Waals surface area contributed by atoms with Crippen molar-refractivity contribution in [2.24, 2.45) is 28.6 Å². The molecule has 4 rings (SSSR count). The van der Waals surface area contributed by atoms with E-state index in [1.165, 1.54) is 5.57 Å². The second-order valence-electron chi connectivity index (χ2n) is 8.36. The molecule has 22 heavy (non-hydrogen) atoms. The number of allylic oxidation sites excluding steroid dienone is 1. The normalized spacial score (nSPS) is 47.6. The van der Waals surface area contributed by atoms with Gasteiger partial charge >= 0.3 is 0 Å². The minimum absolute atomic E-state index is 0.0320. The van der Waals surface area contributed by atoms with Crippen molar-refractivity contribution in [1.29, 1.82) is 0 Å². The van der Waals surface area contributed by atoms with Gasteiger partial charge in [0.2, 0.25) is 0 Å². The van der Waals surface area contributed by atoms with Gasteiger partial charge in [0.15, 0.2) is 5.78 Å². The summed E-state index contributed by atoms with van der Waals surface area (Å²) >= 11 is 0. The lowest BCUT2D eigenvalue weighted by Gasteiger charge is -2.55. The molecule has 0 bridgehead atoms. The molecule has 3 nitrogen and oxygen atoms in total. The van der Waals surface area contributed by atoms with E-state index in [-0.39, 0.29) is 22.9 Å². The Bertz CT molecular complexity index is 616. The van der Waals surface area contributed by atoms with Crippen molar-refractivity contribution in [3.8, 4) is 0 Å². The van der Waals surface area contributed by atoms with Gasteiger partial charge in [-0.3, -0.25) is 14.4 Å². The lowest BCUT2D eigenvalue weighted by atomic mass is 9.47. The van der Waals surface area contributed by atoms with Gasteiger partial charge in [-0.15, -0.1) is 0 Å². The van der Waals surface area contributed by atoms with Crippen LogP contribution in [0.15, 0.2) is 11.6 Å². The molecule has 0 saturated heterocycles. The van der Waals surface area contributed by atoms with Crippen molar-refractivity contribution in [3.05, 3.63) is 11.6 Å². The molecule has 0 unspecified atom stereocenters. The molecule has 0 aromatic heterocycles. The maximum absolute atomic E-state index is 13.0. The predicted molar refractivity (Wildman–Crippen MR) is 82.1 cm³/mol. The average molecular weight is 300 g/mol. The number of Topliss-reactive ketones (excluding diaryl/α,β-unsaturated/α-hetero) is 2. The molecule has 0 N–H and O–H groups in total. The van der Waals surface area contributed by atoms with Crippen LogP contribution in [0.3, 0.4) is 0 Å². The highest BCUT2D eigenvalue weighted by Crippen LogP contribution is 2.63. The minimum Gasteiger partial charge on any atom is -0.299 e. The summed E-state index contributed by atoms with van der Waals surface area (Å²) < 4.78 is 0. The summed E-state index contributed by atoms with van der Waals surface area (Å²) in [4.78, 5) is 37.1. The summed E-state index contributed by atoms with van der Waals surface area (Å²) in [7, 11) is 0. The first-order valence-corrected chi connectivity index (χ1v) is 8.66. The van der Waals surface area contributed by atoms with E-state index in [0.717, 1.165) is 25.7 Å². The number of carbonyl (C=O) groups excluding carboxylic acids is 3. The van der Waals surface area contributed by atoms with Gasteiger partial charge in [0.05, 0.1) is 0 Å². The largest absolute Gasteiger partial charge is 0.299 e. The van der Waals surface area contributed by atoms with Crippen molar-refractivity contribution in [1.82, 2.24) is 0 Å². The van der Waals surface area contributed by atoms with Crippen molar-refractivity contribution in [3.63, 3.8) is 0 Å². The number of hydrogen-bond acceptors (Lipinski definition) is 3. The van der Waals surface area contributed by atoms with Crippen LogP contribution in [0, 0.1) is 28.6 Å². The lowest BCUT2D eigenvalue weighted by molar-refractivity contribution is -0.149. The van der Waals surface area contributed by atoms with Crippen LogP contribution in [0.1, 0.15) is 58.8 Å². The molecule has 0 heterocycles. The smallest absolute Gasteiger partial charge is 0.155 e. The maximum Gasteiger partial charge on any atom is 0.155 e. The van der Waals surface area contributed by atoms with Gasteiger partial charge < -0.3 is 0 Å². The van der Waals surface area contributed by atoms with E-state index in [2.05, 4.69) is 6.92 Å². The second-order valence-corrected chi connectivity index (χ2v) is 8.36. The van der Waals surface area contributed by atoms with Crippen molar-refractivity contribution in [2.75, 3.05) is 0 Å². The maximum atomic E-state index is 13.0. The first-order chi connectivity index (χ1) is 10.4. The molecule has 0 radical (unpaired) electrons. The van der Waals surface area contributed by atoms with Crippen LogP contribution in [0.25, 0.3) is 0 Å². The summed E-state index contributed by atoms with van der Waals surface area (Å²) in [5.41, 5.74) is 0.660. The van der Waals surface area contributed by atoms with Gasteiger partial charge in [-0.2, -0.15) is 0 Å². The zero-order chi connectivity index (χ0) is 15.7. The van der Waals surface area contributed by atoms with E-state index in [9.17, 15) is 14.4 Å². The van der Waals surface area contributed by atoms with Crippen LogP contribution in [0.4, 0.5) is 0 Å². The topological polar surface area (TPSA) is 51.2 Å². The fraction of sp³-hybridized carbons (Fsp3) is 0.737. The minimum atomic E-state index is -0.402. The highest BCUT2D eigenvalue weighted by atomic mass is 16.1. The number of carbonyl (C=O) groups is 3. The highest BCUT2D eigenvalue weighted by Gasteiger charge is 2.62. The molecule has 0 aromatic rings. The Labute approximate surface area is 131 Å². The third-order valence-corrected chi connectivity index (χ3v) is 7.36. The van der Waals surface area contributed by atoms with Crippen LogP contribution in [-0.4, -0.2) is 17.3 Å². The van der Waals surface area contributed by atoms with Crippen LogP contribution < -0.4 is 0 Å². The Hall–Kier alpha value is -1.25. The zero-order valence-corrected chi connectivity index (χ0v) is 13.5.